The van der Waals surface area contributed by atoms with Gasteiger partial charge in [0.05, 0.1) is 17.6 Å². The molecule has 2 aromatic rings. The fraction of sp³-hybridized carbons (Fsp3) is 0.316. The highest BCUT2D eigenvalue weighted by atomic mass is 32.1. The average molecular weight is 387 g/mol. The molecule has 1 aromatic carbocycles. The van der Waals surface area contributed by atoms with Crippen LogP contribution in [0.2, 0.25) is 0 Å². The topological polar surface area (TPSA) is 89.5 Å². The number of ether oxygens (including phenoxy) is 2. The average Bonchev–Trinajstić information content (AvgIpc) is 3.03. The summed E-state index contributed by atoms with van der Waals surface area (Å²) < 4.78 is 10.2. The number of thiazole rings is 1. The van der Waals surface area contributed by atoms with Crippen LogP contribution in [0.25, 0.3) is 0 Å². The molecule has 0 radical (unpaired) electrons. The van der Waals surface area contributed by atoms with Crippen LogP contribution in [-0.2, 0) is 16.1 Å². The summed E-state index contributed by atoms with van der Waals surface area (Å²) in [5.74, 6) is 5.66. The molecule has 27 heavy (non-hydrogen) atoms. The van der Waals surface area contributed by atoms with Crippen molar-refractivity contribution in [2.24, 2.45) is 0 Å². The summed E-state index contributed by atoms with van der Waals surface area (Å²) >= 11 is 1.21. The van der Waals surface area contributed by atoms with Gasteiger partial charge in [0, 0.05) is 0 Å². The molecule has 0 bridgehead atoms. The number of carbonyl (C=O) groups excluding carboxylic acids is 2. The van der Waals surface area contributed by atoms with Gasteiger partial charge in [-0.3, -0.25) is 5.32 Å². The molecule has 0 aliphatic carbocycles. The van der Waals surface area contributed by atoms with Crippen molar-refractivity contribution in [1.82, 2.24) is 10.3 Å². The van der Waals surface area contributed by atoms with Gasteiger partial charge in [0.15, 0.2) is 5.13 Å². The number of carbonyl (C=O) groups is 2. The van der Waals surface area contributed by atoms with E-state index in [9.17, 15) is 9.59 Å². The summed E-state index contributed by atoms with van der Waals surface area (Å²) in [6.07, 6.45) is 0.432. The maximum absolute atomic E-state index is 11.7. The summed E-state index contributed by atoms with van der Waals surface area (Å²) in [7, 11) is 0. The lowest BCUT2D eigenvalue weighted by molar-refractivity contribution is 0.0636. The first kappa shape index (κ1) is 20.3. The SMILES string of the molecule is CC(C)(C)OC(=O)Nc1ncc(C#CCNC(=O)OCc2ccccc2)s1. The predicted octanol–water partition coefficient (Wildman–Crippen LogP) is 3.77. The van der Waals surface area contributed by atoms with Crippen molar-refractivity contribution in [2.75, 3.05) is 11.9 Å². The number of alkyl carbamates (subject to hydrolysis) is 1. The Morgan fingerprint density at radius 1 is 1.19 bits per heavy atom. The van der Waals surface area contributed by atoms with Gasteiger partial charge in [-0.05, 0) is 26.3 Å². The van der Waals surface area contributed by atoms with Crippen molar-refractivity contribution in [3.05, 3.63) is 47.0 Å². The van der Waals surface area contributed by atoms with Gasteiger partial charge in [0.2, 0.25) is 0 Å². The zero-order valence-corrected chi connectivity index (χ0v) is 16.2. The first-order valence-corrected chi connectivity index (χ1v) is 9.03. The Morgan fingerprint density at radius 2 is 1.93 bits per heavy atom. The minimum atomic E-state index is -0.579. The number of nitrogens with zero attached hydrogens (tertiary/aromatic N) is 1. The highest BCUT2D eigenvalue weighted by Gasteiger charge is 2.17. The lowest BCUT2D eigenvalue weighted by atomic mass is 10.2. The predicted molar refractivity (Wildman–Crippen MR) is 103 cm³/mol. The zero-order chi connectivity index (χ0) is 19.7. The van der Waals surface area contributed by atoms with Crippen LogP contribution in [0.3, 0.4) is 0 Å². The molecule has 2 N–H and O–H groups in total. The molecule has 0 unspecified atom stereocenters. The van der Waals surface area contributed by atoms with Gasteiger partial charge >= 0.3 is 12.2 Å². The van der Waals surface area contributed by atoms with Gasteiger partial charge in [-0.25, -0.2) is 14.6 Å². The van der Waals surface area contributed by atoms with Crippen molar-refractivity contribution in [3.63, 3.8) is 0 Å². The molecule has 142 valence electrons. The Kier molecular flexibility index (Phi) is 7.20. The van der Waals surface area contributed by atoms with Gasteiger partial charge in [-0.15, -0.1) is 0 Å². The van der Waals surface area contributed by atoms with E-state index < -0.39 is 17.8 Å². The summed E-state index contributed by atoms with van der Waals surface area (Å²) in [6, 6.07) is 9.40. The van der Waals surface area contributed by atoms with Crippen LogP contribution < -0.4 is 10.6 Å². The van der Waals surface area contributed by atoms with E-state index in [1.807, 2.05) is 30.3 Å². The van der Waals surface area contributed by atoms with Crippen LogP contribution in [0, 0.1) is 11.8 Å². The molecule has 2 amide bonds. The van der Waals surface area contributed by atoms with Crippen LogP contribution in [0.15, 0.2) is 36.5 Å². The fourth-order valence-corrected chi connectivity index (χ4v) is 2.48. The monoisotopic (exact) mass is 387 g/mol. The third-order valence-electron chi connectivity index (χ3n) is 2.86. The van der Waals surface area contributed by atoms with Crippen molar-refractivity contribution in [3.8, 4) is 11.8 Å². The molecule has 0 saturated heterocycles. The van der Waals surface area contributed by atoms with E-state index in [2.05, 4.69) is 27.5 Å². The lowest BCUT2D eigenvalue weighted by Crippen LogP contribution is -2.27. The Hall–Kier alpha value is -3.05. The minimum absolute atomic E-state index is 0.139. The first-order chi connectivity index (χ1) is 12.8. The van der Waals surface area contributed by atoms with Gasteiger partial charge in [0.1, 0.15) is 12.2 Å². The minimum Gasteiger partial charge on any atom is -0.445 e. The van der Waals surface area contributed by atoms with E-state index in [1.165, 1.54) is 17.5 Å². The Labute approximate surface area is 162 Å². The normalized spacial score (nSPS) is 10.3. The maximum atomic E-state index is 11.7. The molecule has 7 nitrogen and oxygen atoms in total. The molecular weight excluding hydrogens is 366 g/mol. The standard InChI is InChI=1S/C19H21N3O4S/c1-19(2,3)26-18(24)22-16-21-12-15(27-16)10-7-11-20-17(23)25-13-14-8-5-4-6-9-14/h4-6,8-9,12H,11,13H2,1-3H3,(H,20,23)(H,21,22,24). The van der Waals surface area contributed by atoms with Crippen molar-refractivity contribution in [2.45, 2.75) is 33.0 Å². The van der Waals surface area contributed by atoms with Crippen molar-refractivity contribution < 1.29 is 19.1 Å². The second-order valence-corrected chi connectivity index (χ2v) is 7.40. The molecule has 0 saturated carbocycles. The second-order valence-electron chi connectivity index (χ2n) is 6.37. The zero-order valence-electron chi connectivity index (χ0n) is 15.4. The maximum Gasteiger partial charge on any atom is 0.413 e. The van der Waals surface area contributed by atoms with Crippen LogP contribution >= 0.6 is 11.3 Å². The molecule has 0 atom stereocenters. The van der Waals surface area contributed by atoms with Crippen LogP contribution in [0.1, 0.15) is 31.2 Å². The van der Waals surface area contributed by atoms with Gasteiger partial charge < -0.3 is 14.8 Å². The van der Waals surface area contributed by atoms with Gasteiger partial charge in [-0.1, -0.05) is 53.5 Å². The molecule has 1 heterocycles. The Bertz CT molecular complexity index is 832. The number of nitrogens with one attached hydrogen (secondary N) is 2. The van der Waals surface area contributed by atoms with Gasteiger partial charge in [-0.2, -0.15) is 0 Å². The highest BCUT2D eigenvalue weighted by Crippen LogP contribution is 2.18. The molecule has 8 heteroatoms. The number of amides is 2. The smallest absolute Gasteiger partial charge is 0.413 e. The van der Waals surface area contributed by atoms with E-state index in [0.29, 0.717) is 10.0 Å². The number of benzene rings is 1. The van der Waals surface area contributed by atoms with Gasteiger partial charge in [0.25, 0.3) is 0 Å². The molecule has 1 aromatic heterocycles. The molecule has 2 rings (SSSR count). The number of rotatable bonds is 4. The van der Waals surface area contributed by atoms with Crippen LogP contribution in [0.5, 0.6) is 0 Å². The number of hydrogen-bond acceptors (Lipinski definition) is 6. The fourth-order valence-electron chi connectivity index (χ4n) is 1.80. The van der Waals surface area contributed by atoms with Crippen molar-refractivity contribution in [1.29, 1.82) is 0 Å². The first-order valence-electron chi connectivity index (χ1n) is 8.21. The summed E-state index contributed by atoms with van der Waals surface area (Å²) in [5, 5.41) is 5.49. The molecule has 0 spiro atoms. The summed E-state index contributed by atoms with van der Waals surface area (Å²) in [4.78, 5) is 28.0. The van der Waals surface area contributed by atoms with E-state index in [4.69, 9.17) is 9.47 Å². The van der Waals surface area contributed by atoms with Crippen molar-refractivity contribution >= 4 is 28.7 Å². The Balaban J connectivity index is 1.72. The Morgan fingerprint density at radius 3 is 2.63 bits per heavy atom. The molecule has 0 aliphatic heterocycles. The largest absolute Gasteiger partial charge is 0.445 e. The number of anilines is 1. The van der Waals surface area contributed by atoms with E-state index in [0.717, 1.165) is 5.56 Å². The third-order valence-corrected chi connectivity index (χ3v) is 3.69. The second kappa shape index (κ2) is 9.59. The van der Waals surface area contributed by atoms with E-state index in [-0.39, 0.29) is 13.2 Å². The van der Waals surface area contributed by atoms with E-state index in [1.54, 1.807) is 20.8 Å². The quantitative estimate of drug-likeness (QED) is 0.780. The highest BCUT2D eigenvalue weighted by molar-refractivity contribution is 7.16. The number of aromatic nitrogens is 1. The lowest BCUT2D eigenvalue weighted by Gasteiger charge is -2.18. The van der Waals surface area contributed by atoms with E-state index >= 15 is 0 Å². The molecule has 0 aliphatic rings. The third kappa shape index (κ3) is 8.25. The summed E-state index contributed by atoms with van der Waals surface area (Å²) in [6.45, 7) is 5.69. The number of hydrogen-bond donors (Lipinski definition) is 2. The van der Waals surface area contributed by atoms with Crippen LogP contribution in [-0.4, -0.2) is 29.3 Å². The summed E-state index contributed by atoms with van der Waals surface area (Å²) in [5.41, 5.74) is 0.332. The molecule has 0 fully saturated rings. The molecular formula is C19H21N3O4S. The van der Waals surface area contributed by atoms with Crippen LogP contribution in [0.4, 0.5) is 14.7 Å².